The van der Waals surface area contributed by atoms with Gasteiger partial charge in [-0.2, -0.15) is 11.3 Å². The van der Waals surface area contributed by atoms with Crippen molar-refractivity contribution < 1.29 is 4.39 Å². The van der Waals surface area contributed by atoms with Gasteiger partial charge in [0.15, 0.2) is 11.0 Å². The molecule has 4 rings (SSSR count). The number of hydrogen-bond donors (Lipinski definition) is 0. The molecule has 0 bridgehead atoms. The van der Waals surface area contributed by atoms with Gasteiger partial charge in [-0.05, 0) is 23.6 Å². The zero-order valence-electron chi connectivity index (χ0n) is 14.2. The summed E-state index contributed by atoms with van der Waals surface area (Å²) >= 11 is 4.84. The molecule has 0 aliphatic rings. The number of thiophene rings is 1. The van der Waals surface area contributed by atoms with Gasteiger partial charge in [-0.15, -0.1) is 28.1 Å². The minimum Gasteiger partial charge on any atom is -0.298 e. The van der Waals surface area contributed by atoms with Crippen molar-refractivity contribution in [3.8, 4) is 22.0 Å². The summed E-state index contributed by atoms with van der Waals surface area (Å²) in [4.78, 5) is 4.69. The van der Waals surface area contributed by atoms with Gasteiger partial charge in [-0.3, -0.25) is 4.57 Å². The fourth-order valence-corrected chi connectivity index (χ4v) is 5.04. The molecule has 3 aromatic heterocycles. The van der Waals surface area contributed by atoms with Crippen molar-refractivity contribution in [2.24, 2.45) is 0 Å². The van der Waals surface area contributed by atoms with Crippen molar-refractivity contribution in [2.45, 2.75) is 17.5 Å². The summed E-state index contributed by atoms with van der Waals surface area (Å²) < 4.78 is 16.0. The van der Waals surface area contributed by atoms with Crippen molar-refractivity contribution in [3.63, 3.8) is 0 Å². The van der Waals surface area contributed by atoms with Crippen molar-refractivity contribution in [1.82, 2.24) is 19.7 Å². The molecule has 0 saturated carbocycles. The molecule has 3 heterocycles. The van der Waals surface area contributed by atoms with Gasteiger partial charge in [0, 0.05) is 28.6 Å². The highest BCUT2D eigenvalue weighted by Gasteiger charge is 2.17. The van der Waals surface area contributed by atoms with Gasteiger partial charge in [-0.1, -0.05) is 30.0 Å². The topological polar surface area (TPSA) is 43.6 Å². The Kier molecular flexibility index (Phi) is 5.47. The van der Waals surface area contributed by atoms with Gasteiger partial charge in [-0.25, -0.2) is 9.37 Å². The molecule has 4 aromatic rings. The molecule has 0 radical (unpaired) electrons. The highest BCUT2D eigenvalue weighted by atomic mass is 32.2. The molecule has 0 aliphatic carbocycles. The number of thiazole rings is 1. The van der Waals surface area contributed by atoms with Gasteiger partial charge in [0.1, 0.15) is 10.8 Å². The smallest absolute Gasteiger partial charge is 0.192 e. The van der Waals surface area contributed by atoms with E-state index in [9.17, 15) is 4.39 Å². The van der Waals surface area contributed by atoms with E-state index < -0.39 is 0 Å². The third kappa shape index (κ3) is 3.87. The van der Waals surface area contributed by atoms with Crippen LogP contribution in [0.3, 0.4) is 0 Å². The van der Waals surface area contributed by atoms with E-state index in [1.165, 1.54) is 17.8 Å². The molecule has 0 atom stereocenters. The Morgan fingerprint density at radius 3 is 2.85 bits per heavy atom. The minimum absolute atomic E-state index is 0.313. The van der Waals surface area contributed by atoms with E-state index in [1.54, 1.807) is 46.9 Å². The molecule has 0 saturated heterocycles. The van der Waals surface area contributed by atoms with Crippen molar-refractivity contribution in [2.75, 3.05) is 0 Å². The number of allylic oxidation sites excluding steroid dienone is 1. The second-order valence-corrected chi connectivity index (χ2v) is 8.21. The van der Waals surface area contributed by atoms with Crippen LogP contribution in [0, 0.1) is 5.82 Å². The van der Waals surface area contributed by atoms with Crippen LogP contribution in [-0.2, 0) is 12.3 Å². The van der Waals surface area contributed by atoms with E-state index in [1.807, 2.05) is 9.95 Å². The zero-order chi connectivity index (χ0) is 18.6. The Morgan fingerprint density at radius 2 is 2.07 bits per heavy atom. The number of benzene rings is 1. The lowest BCUT2D eigenvalue weighted by Crippen LogP contribution is -2.01. The molecule has 27 heavy (non-hydrogen) atoms. The average molecular weight is 415 g/mol. The van der Waals surface area contributed by atoms with Crippen LogP contribution in [0.25, 0.3) is 22.0 Å². The normalized spacial score (nSPS) is 11.0. The molecule has 0 unspecified atom stereocenters. The molecular weight excluding hydrogens is 399 g/mol. The number of hydrogen-bond acceptors (Lipinski definition) is 6. The Balaban J connectivity index is 1.56. The number of nitrogens with zero attached hydrogens (tertiary/aromatic N) is 4. The van der Waals surface area contributed by atoms with Crippen LogP contribution in [0.5, 0.6) is 0 Å². The summed E-state index contributed by atoms with van der Waals surface area (Å²) in [7, 11) is 0. The van der Waals surface area contributed by atoms with Crippen LogP contribution in [0.4, 0.5) is 4.39 Å². The number of aromatic nitrogens is 4. The molecule has 0 spiro atoms. The standard InChI is InChI=1S/C19H15FN4S3/c1-2-8-24-17(15-5-3-4-6-16(15)20)22-23-19(24)27-12-14-11-26-18(21-14)13-7-9-25-10-13/h2-7,9-11H,1,8,12H2. The van der Waals surface area contributed by atoms with Gasteiger partial charge in [0.05, 0.1) is 11.3 Å². The second kappa shape index (κ2) is 8.16. The average Bonchev–Trinajstić information content (AvgIpc) is 3.42. The van der Waals surface area contributed by atoms with E-state index in [4.69, 9.17) is 0 Å². The first kappa shape index (κ1) is 18.1. The first-order valence-corrected chi connectivity index (χ1v) is 11.0. The predicted molar refractivity (Wildman–Crippen MR) is 111 cm³/mol. The van der Waals surface area contributed by atoms with Crippen LogP contribution in [0.2, 0.25) is 0 Å². The molecule has 4 nitrogen and oxygen atoms in total. The van der Waals surface area contributed by atoms with Crippen LogP contribution < -0.4 is 0 Å². The SMILES string of the molecule is C=CCn1c(SCc2csc(-c3ccsc3)n2)nnc1-c1ccccc1F. The van der Waals surface area contributed by atoms with Crippen molar-refractivity contribution in [1.29, 1.82) is 0 Å². The second-order valence-electron chi connectivity index (χ2n) is 5.63. The molecule has 0 amide bonds. The molecule has 0 N–H and O–H groups in total. The Hall–Kier alpha value is -2.29. The first-order valence-electron chi connectivity index (χ1n) is 8.15. The van der Waals surface area contributed by atoms with Gasteiger partial charge in [0.2, 0.25) is 0 Å². The largest absolute Gasteiger partial charge is 0.298 e. The predicted octanol–water partition coefficient (Wildman–Crippen LogP) is 5.75. The van der Waals surface area contributed by atoms with Crippen LogP contribution in [0.15, 0.2) is 64.3 Å². The van der Waals surface area contributed by atoms with Crippen LogP contribution >= 0.6 is 34.4 Å². The Morgan fingerprint density at radius 1 is 1.19 bits per heavy atom. The monoisotopic (exact) mass is 414 g/mol. The molecular formula is C19H15FN4S3. The van der Waals surface area contributed by atoms with Crippen molar-refractivity contribution in [3.05, 3.63) is 70.6 Å². The highest BCUT2D eigenvalue weighted by Crippen LogP contribution is 2.30. The first-order chi connectivity index (χ1) is 13.3. The summed E-state index contributed by atoms with van der Waals surface area (Å²) in [6.45, 7) is 4.31. The van der Waals surface area contributed by atoms with Gasteiger partial charge >= 0.3 is 0 Å². The highest BCUT2D eigenvalue weighted by molar-refractivity contribution is 7.98. The number of thioether (sulfide) groups is 1. The van der Waals surface area contributed by atoms with Crippen molar-refractivity contribution >= 4 is 34.4 Å². The summed E-state index contributed by atoms with van der Waals surface area (Å²) in [5.41, 5.74) is 2.58. The Bertz CT molecular complexity index is 1050. The van der Waals surface area contributed by atoms with E-state index in [0.717, 1.165) is 21.4 Å². The lowest BCUT2D eigenvalue weighted by Gasteiger charge is -2.07. The van der Waals surface area contributed by atoms with E-state index in [-0.39, 0.29) is 5.82 Å². The van der Waals surface area contributed by atoms with E-state index in [0.29, 0.717) is 23.7 Å². The molecule has 1 aromatic carbocycles. The lowest BCUT2D eigenvalue weighted by molar-refractivity contribution is 0.626. The third-order valence-corrected chi connectivity index (χ3v) is 6.44. The lowest BCUT2D eigenvalue weighted by atomic mass is 10.2. The van der Waals surface area contributed by atoms with Gasteiger partial charge in [0.25, 0.3) is 0 Å². The fourth-order valence-electron chi connectivity index (χ4n) is 2.56. The van der Waals surface area contributed by atoms with E-state index in [2.05, 4.69) is 38.6 Å². The molecule has 0 fully saturated rings. The van der Waals surface area contributed by atoms with Crippen LogP contribution in [-0.4, -0.2) is 19.7 Å². The molecule has 8 heteroatoms. The summed E-state index contributed by atoms with van der Waals surface area (Å²) in [6, 6.07) is 8.66. The maximum atomic E-state index is 14.2. The van der Waals surface area contributed by atoms with Crippen LogP contribution in [0.1, 0.15) is 5.69 Å². The maximum absolute atomic E-state index is 14.2. The minimum atomic E-state index is -0.313. The third-order valence-electron chi connectivity index (χ3n) is 3.81. The summed E-state index contributed by atoms with van der Waals surface area (Å²) in [6.07, 6.45) is 1.76. The summed E-state index contributed by atoms with van der Waals surface area (Å²) in [5.74, 6) is 0.868. The maximum Gasteiger partial charge on any atom is 0.192 e. The molecule has 0 aliphatic heterocycles. The summed E-state index contributed by atoms with van der Waals surface area (Å²) in [5, 5.41) is 16.4. The van der Waals surface area contributed by atoms with Gasteiger partial charge < -0.3 is 0 Å². The quantitative estimate of drug-likeness (QED) is 0.285. The number of halogens is 1. The fraction of sp³-hybridized carbons (Fsp3) is 0.105. The zero-order valence-corrected chi connectivity index (χ0v) is 16.7. The van der Waals surface area contributed by atoms with E-state index >= 15 is 0 Å². The number of rotatable bonds is 7. The Labute approximate surface area is 168 Å². The molecule has 136 valence electrons.